The summed E-state index contributed by atoms with van der Waals surface area (Å²) >= 11 is 0. The minimum absolute atomic E-state index is 0.0465. The van der Waals surface area contributed by atoms with Gasteiger partial charge in [-0.15, -0.1) is 0 Å². The van der Waals surface area contributed by atoms with Crippen molar-refractivity contribution in [2.45, 2.75) is 38.3 Å². The minimum atomic E-state index is -0.718. The highest BCUT2D eigenvalue weighted by molar-refractivity contribution is 5.96. The number of hydrogen-bond acceptors (Lipinski definition) is 4. The first kappa shape index (κ1) is 22.2. The fourth-order valence-corrected chi connectivity index (χ4v) is 4.61. The maximum absolute atomic E-state index is 12.8. The number of carbonyl (C=O) groups is 1. The number of nitrogens with zero attached hydrogens (tertiary/aromatic N) is 3. The van der Waals surface area contributed by atoms with Crippen LogP contribution in [0.4, 0.5) is 5.69 Å². The Morgan fingerprint density at radius 1 is 1.03 bits per heavy atom. The van der Waals surface area contributed by atoms with E-state index in [4.69, 9.17) is 9.72 Å². The summed E-state index contributed by atoms with van der Waals surface area (Å²) in [6.07, 6.45) is 0.656. The lowest BCUT2D eigenvalue weighted by molar-refractivity contribution is -0.117. The molecule has 2 heterocycles. The van der Waals surface area contributed by atoms with Crippen molar-refractivity contribution >= 4 is 22.6 Å². The Hall–Kier alpha value is -3.64. The maximum atomic E-state index is 12.8. The number of fused-ring (bicyclic) bond motifs is 1. The molecule has 1 aromatic heterocycles. The zero-order valence-electron chi connectivity index (χ0n) is 19.3. The first-order valence-corrected chi connectivity index (χ1v) is 11.8. The highest BCUT2D eigenvalue weighted by atomic mass is 16.5. The molecule has 2 unspecified atom stereocenters. The lowest BCUT2D eigenvalue weighted by Gasteiger charge is -2.19. The van der Waals surface area contributed by atoms with E-state index < -0.39 is 6.10 Å². The summed E-state index contributed by atoms with van der Waals surface area (Å²) in [7, 11) is 0. The fraction of sp³-hybridized carbons (Fsp3) is 0.286. The summed E-state index contributed by atoms with van der Waals surface area (Å²) < 4.78 is 7.89. The molecule has 5 rings (SSSR count). The number of imidazole rings is 1. The summed E-state index contributed by atoms with van der Waals surface area (Å²) in [5.41, 5.74) is 3.97. The Balaban J connectivity index is 1.35. The SMILES string of the molecule is CCc1ccc(OCC(O)Cn2c(C3CC(=O)N(c4ccccc4)C3)nc3ccccc32)cc1. The molecule has 1 aliphatic rings. The average molecular weight is 456 g/mol. The summed E-state index contributed by atoms with van der Waals surface area (Å²) in [4.78, 5) is 19.5. The van der Waals surface area contributed by atoms with Gasteiger partial charge in [-0.2, -0.15) is 0 Å². The number of anilines is 1. The van der Waals surface area contributed by atoms with E-state index in [1.807, 2.05) is 83.8 Å². The molecule has 0 saturated carbocycles. The Labute approximate surface area is 199 Å². The zero-order valence-corrected chi connectivity index (χ0v) is 19.3. The number of rotatable bonds is 8. The standard InChI is InChI=1S/C28H29N3O3/c1-2-20-12-14-24(15-13-20)34-19-23(32)18-31-26-11-7-6-10-25(26)29-28(31)21-16-27(33)30(17-21)22-8-4-3-5-9-22/h3-15,21,23,32H,2,16-19H2,1H3. The van der Waals surface area contributed by atoms with Crippen molar-refractivity contribution in [3.63, 3.8) is 0 Å². The summed E-state index contributed by atoms with van der Waals surface area (Å²) in [6, 6.07) is 25.6. The molecule has 1 aliphatic heterocycles. The predicted molar refractivity (Wildman–Crippen MR) is 133 cm³/mol. The summed E-state index contributed by atoms with van der Waals surface area (Å²) in [5, 5.41) is 10.8. The summed E-state index contributed by atoms with van der Waals surface area (Å²) in [5.74, 6) is 1.62. The van der Waals surface area contributed by atoms with Gasteiger partial charge in [-0.1, -0.05) is 49.4 Å². The van der Waals surface area contributed by atoms with E-state index >= 15 is 0 Å². The van der Waals surface area contributed by atoms with Gasteiger partial charge >= 0.3 is 0 Å². The van der Waals surface area contributed by atoms with E-state index in [0.29, 0.717) is 19.5 Å². The molecule has 0 aliphatic carbocycles. The van der Waals surface area contributed by atoms with Crippen molar-refractivity contribution in [3.05, 3.63) is 90.3 Å². The molecule has 174 valence electrons. The fourth-order valence-electron chi connectivity index (χ4n) is 4.61. The molecular weight excluding hydrogens is 426 g/mol. The number of aromatic nitrogens is 2. The number of carbonyl (C=O) groups excluding carboxylic acids is 1. The van der Waals surface area contributed by atoms with Crippen molar-refractivity contribution in [1.29, 1.82) is 0 Å². The predicted octanol–water partition coefficient (Wildman–Crippen LogP) is 4.56. The van der Waals surface area contributed by atoms with Crippen LogP contribution in [-0.4, -0.2) is 39.8 Å². The number of benzene rings is 3. The van der Waals surface area contributed by atoms with Crippen molar-refractivity contribution in [3.8, 4) is 5.75 Å². The quantitative estimate of drug-likeness (QED) is 0.423. The van der Waals surface area contributed by atoms with Crippen molar-refractivity contribution in [1.82, 2.24) is 9.55 Å². The van der Waals surface area contributed by atoms with E-state index in [1.54, 1.807) is 0 Å². The van der Waals surface area contributed by atoms with E-state index in [1.165, 1.54) is 5.56 Å². The van der Waals surface area contributed by atoms with Crippen LogP contribution in [0.1, 0.15) is 30.7 Å². The van der Waals surface area contributed by atoms with Gasteiger partial charge in [0.2, 0.25) is 5.91 Å². The largest absolute Gasteiger partial charge is 0.491 e. The summed E-state index contributed by atoms with van der Waals surface area (Å²) in [6.45, 7) is 3.21. The molecule has 0 spiro atoms. The molecule has 6 nitrogen and oxygen atoms in total. The second kappa shape index (κ2) is 9.69. The first-order chi connectivity index (χ1) is 16.6. The molecule has 6 heteroatoms. The third-order valence-corrected chi connectivity index (χ3v) is 6.41. The van der Waals surface area contributed by atoms with E-state index in [2.05, 4.69) is 11.5 Å². The van der Waals surface area contributed by atoms with E-state index in [0.717, 1.165) is 34.7 Å². The molecule has 1 saturated heterocycles. The van der Waals surface area contributed by atoms with Gasteiger partial charge in [0.25, 0.3) is 0 Å². The van der Waals surface area contributed by atoms with Crippen LogP contribution < -0.4 is 9.64 Å². The zero-order chi connectivity index (χ0) is 23.5. The van der Waals surface area contributed by atoms with Crippen LogP contribution in [0.5, 0.6) is 5.75 Å². The number of amides is 1. The Morgan fingerprint density at radius 3 is 2.53 bits per heavy atom. The molecule has 3 aromatic carbocycles. The number of ether oxygens (including phenoxy) is 1. The number of aliphatic hydroxyl groups excluding tert-OH is 1. The number of hydrogen-bond donors (Lipinski definition) is 1. The smallest absolute Gasteiger partial charge is 0.227 e. The normalized spacial score (nSPS) is 16.8. The van der Waals surface area contributed by atoms with Gasteiger partial charge in [0.05, 0.1) is 17.6 Å². The Bertz CT molecular complexity index is 1270. The number of aryl methyl sites for hydroxylation is 1. The van der Waals surface area contributed by atoms with Gasteiger partial charge in [-0.3, -0.25) is 4.79 Å². The van der Waals surface area contributed by atoms with Crippen LogP contribution in [0, 0.1) is 0 Å². The molecule has 1 N–H and O–H groups in total. The second-order valence-corrected chi connectivity index (χ2v) is 8.77. The Kier molecular flexibility index (Phi) is 6.32. The highest BCUT2D eigenvalue weighted by Gasteiger charge is 2.35. The van der Waals surface area contributed by atoms with Crippen LogP contribution in [0.3, 0.4) is 0 Å². The van der Waals surface area contributed by atoms with Crippen LogP contribution in [0.2, 0.25) is 0 Å². The van der Waals surface area contributed by atoms with Gasteiger partial charge in [0.1, 0.15) is 24.3 Å². The van der Waals surface area contributed by atoms with Crippen molar-refractivity contribution < 1.29 is 14.6 Å². The van der Waals surface area contributed by atoms with Crippen molar-refractivity contribution in [2.75, 3.05) is 18.1 Å². The third kappa shape index (κ3) is 4.54. The van der Waals surface area contributed by atoms with Gasteiger partial charge in [-0.25, -0.2) is 4.98 Å². The topological polar surface area (TPSA) is 67.6 Å². The highest BCUT2D eigenvalue weighted by Crippen LogP contribution is 2.33. The van der Waals surface area contributed by atoms with E-state index in [-0.39, 0.29) is 18.4 Å². The molecule has 4 aromatic rings. The van der Waals surface area contributed by atoms with E-state index in [9.17, 15) is 9.90 Å². The molecule has 1 fully saturated rings. The van der Waals surface area contributed by atoms with Gasteiger partial charge in [0.15, 0.2) is 0 Å². The number of para-hydroxylation sites is 3. The molecule has 2 atom stereocenters. The van der Waals surface area contributed by atoms with Gasteiger partial charge in [-0.05, 0) is 48.4 Å². The second-order valence-electron chi connectivity index (χ2n) is 8.77. The Morgan fingerprint density at radius 2 is 1.76 bits per heavy atom. The van der Waals surface area contributed by atoms with Crippen LogP contribution >= 0.6 is 0 Å². The third-order valence-electron chi connectivity index (χ3n) is 6.41. The molecular formula is C28H29N3O3. The lowest BCUT2D eigenvalue weighted by Crippen LogP contribution is -2.26. The molecule has 0 bridgehead atoms. The number of aliphatic hydroxyl groups is 1. The average Bonchev–Trinajstić information content (AvgIpc) is 3.44. The van der Waals surface area contributed by atoms with Gasteiger partial charge < -0.3 is 19.3 Å². The minimum Gasteiger partial charge on any atom is -0.491 e. The van der Waals surface area contributed by atoms with Crippen LogP contribution in [0.25, 0.3) is 11.0 Å². The monoisotopic (exact) mass is 455 g/mol. The lowest BCUT2D eigenvalue weighted by atomic mass is 10.1. The van der Waals surface area contributed by atoms with Crippen LogP contribution in [0.15, 0.2) is 78.9 Å². The first-order valence-electron chi connectivity index (χ1n) is 11.8. The maximum Gasteiger partial charge on any atom is 0.227 e. The van der Waals surface area contributed by atoms with Crippen LogP contribution in [-0.2, 0) is 17.8 Å². The molecule has 1 amide bonds. The molecule has 34 heavy (non-hydrogen) atoms. The molecule has 0 radical (unpaired) electrons. The van der Waals surface area contributed by atoms with Crippen molar-refractivity contribution in [2.24, 2.45) is 0 Å². The van der Waals surface area contributed by atoms with Gasteiger partial charge in [0, 0.05) is 24.6 Å².